The van der Waals surface area contributed by atoms with Crippen LogP contribution in [0.4, 0.5) is 11.5 Å². The lowest BCUT2D eigenvalue weighted by Gasteiger charge is -2.38. The maximum absolute atomic E-state index is 5.44. The molecule has 0 N–H and O–H groups in total. The second-order valence-electron chi connectivity index (χ2n) is 9.40. The average Bonchev–Trinajstić information content (AvgIpc) is 3.46. The van der Waals surface area contributed by atoms with E-state index >= 15 is 0 Å². The van der Waals surface area contributed by atoms with Gasteiger partial charge in [-0.05, 0) is 68.5 Å². The zero-order valence-electron chi connectivity index (χ0n) is 20.2. The summed E-state index contributed by atoms with van der Waals surface area (Å²) in [7, 11) is 1.71. The van der Waals surface area contributed by atoms with E-state index in [-0.39, 0.29) is 0 Å². The molecule has 1 fully saturated rings. The molecule has 0 amide bonds. The molecule has 34 heavy (non-hydrogen) atoms. The Morgan fingerprint density at radius 2 is 1.65 bits per heavy atom. The number of hydrogen-bond donors (Lipinski definition) is 0. The normalized spacial score (nSPS) is 15.7. The molecule has 0 saturated carbocycles. The molecule has 4 aromatic rings. The molecule has 174 valence electrons. The zero-order chi connectivity index (χ0) is 23.2. The molecule has 0 atom stereocenters. The first-order valence-electron chi connectivity index (χ1n) is 12.2. The molecule has 0 spiro atoms. The molecule has 1 aliphatic carbocycles. The summed E-state index contributed by atoms with van der Waals surface area (Å²) in [6.07, 6.45) is 3.30. The van der Waals surface area contributed by atoms with Gasteiger partial charge in [0.2, 0.25) is 0 Å². The summed E-state index contributed by atoms with van der Waals surface area (Å²) in [5, 5.41) is 5.07. The number of piperazine rings is 1. The Kier molecular flexibility index (Phi) is 5.16. The first-order chi connectivity index (χ1) is 16.6. The number of methoxy groups -OCH3 is 1. The maximum atomic E-state index is 5.44. The van der Waals surface area contributed by atoms with E-state index in [1.165, 1.54) is 40.3 Å². The Hall–Kier alpha value is -3.54. The van der Waals surface area contributed by atoms with Gasteiger partial charge in [-0.1, -0.05) is 24.3 Å². The number of ether oxygens (including phenoxy) is 1. The molecule has 6 nitrogen and oxygen atoms in total. The van der Waals surface area contributed by atoms with Gasteiger partial charge in [0.05, 0.1) is 12.8 Å². The molecule has 0 bridgehead atoms. The lowest BCUT2D eigenvalue weighted by Crippen LogP contribution is -2.47. The van der Waals surface area contributed by atoms with Crippen molar-refractivity contribution < 1.29 is 4.74 Å². The van der Waals surface area contributed by atoms with Crippen LogP contribution < -0.4 is 14.5 Å². The molecule has 0 radical (unpaired) electrons. The van der Waals surface area contributed by atoms with Gasteiger partial charge in [0, 0.05) is 48.7 Å². The zero-order valence-corrected chi connectivity index (χ0v) is 20.2. The summed E-state index contributed by atoms with van der Waals surface area (Å²) in [6, 6.07) is 17.0. The van der Waals surface area contributed by atoms with Crippen LogP contribution in [0.3, 0.4) is 0 Å². The molecule has 6 heteroatoms. The quantitative estimate of drug-likeness (QED) is 0.443. The summed E-state index contributed by atoms with van der Waals surface area (Å²) in [5.41, 5.74) is 9.44. The van der Waals surface area contributed by atoms with Crippen LogP contribution in [0, 0.1) is 13.8 Å². The van der Waals surface area contributed by atoms with Gasteiger partial charge in [0.25, 0.3) is 0 Å². The van der Waals surface area contributed by atoms with Gasteiger partial charge in [-0.25, -0.2) is 4.98 Å². The van der Waals surface area contributed by atoms with Crippen molar-refractivity contribution in [1.82, 2.24) is 14.6 Å². The minimum Gasteiger partial charge on any atom is -0.497 e. The molecular weight excluding hydrogens is 422 g/mol. The number of nitrogens with zero attached hydrogens (tertiary/aromatic N) is 5. The molecule has 2 aromatic carbocycles. The lowest BCUT2D eigenvalue weighted by molar-refractivity contribution is 0.414. The third-order valence-electron chi connectivity index (χ3n) is 7.34. The number of anilines is 2. The largest absolute Gasteiger partial charge is 0.497 e. The summed E-state index contributed by atoms with van der Waals surface area (Å²) in [5.74, 6) is 2.13. The highest BCUT2D eigenvalue weighted by atomic mass is 16.5. The van der Waals surface area contributed by atoms with Crippen molar-refractivity contribution in [3.05, 3.63) is 71.0 Å². The number of para-hydroxylation sites is 1. The predicted molar refractivity (Wildman–Crippen MR) is 137 cm³/mol. The number of fused-ring (bicyclic) bond motifs is 2. The molecule has 1 aliphatic heterocycles. The topological polar surface area (TPSA) is 45.9 Å². The van der Waals surface area contributed by atoms with Crippen LogP contribution in [0.1, 0.15) is 28.9 Å². The second kappa shape index (κ2) is 8.35. The molecule has 6 rings (SSSR count). The number of rotatable bonds is 4. The Bertz CT molecular complexity index is 1350. The van der Waals surface area contributed by atoms with E-state index in [9.17, 15) is 0 Å². The minimum absolute atomic E-state index is 0.876. The predicted octanol–water partition coefficient (Wildman–Crippen LogP) is 4.84. The fraction of sp³-hybridized carbons (Fsp3) is 0.357. The van der Waals surface area contributed by atoms with Gasteiger partial charge < -0.3 is 14.5 Å². The van der Waals surface area contributed by atoms with Gasteiger partial charge in [0.1, 0.15) is 11.6 Å². The van der Waals surface area contributed by atoms with E-state index < -0.39 is 0 Å². The summed E-state index contributed by atoms with van der Waals surface area (Å²) < 4.78 is 7.57. The molecule has 3 heterocycles. The summed E-state index contributed by atoms with van der Waals surface area (Å²) in [6.45, 7) is 8.22. The molecule has 2 aromatic heterocycles. The smallest absolute Gasteiger partial charge is 0.165 e. The van der Waals surface area contributed by atoms with E-state index in [0.717, 1.165) is 61.7 Å². The van der Waals surface area contributed by atoms with Gasteiger partial charge >= 0.3 is 0 Å². The highest BCUT2D eigenvalue weighted by Crippen LogP contribution is 2.38. The Labute approximate surface area is 200 Å². The van der Waals surface area contributed by atoms with Gasteiger partial charge in [-0.3, -0.25) is 0 Å². The maximum Gasteiger partial charge on any atom is 0.165 e. The first-order valence-corrected chi connectivity index (χ1v) is 12.2. The first kappa shape index (κ1) is 21.0. The van der Waals surface area contributed by atoms with Gasteiger partial charge in [-0.2, -0.15) is 9.61 Å². The van der Waals surface area contributed by atoms with Crippen molar-refractivity contribution in [3.63, 3.8) is 0 Å². The Morgan fingerprint density at radius 1 is 0.882 bits per heavy atom. The standard InChI is InChI=1S/C28H31N5O/c1-19-18-22(34-3)12-13-23(19)26-20(2)30-33-27(26)29-25-11-7-10-24(25)28(33)32-16-14-31(15-17-32)21-8-5-4-6-9-21/h4-6,8-9,12-13,18H,7,10-11,14-17H2,1-3H3. The van der Waals surface area contributed by atoms with E-state index in [1.807, 2.05) is 6.07 Å². The number of aromatic nitrogens is 3. The average molecular weight is 454 g/mol. The second-order valence-corrected chi connectivity index (χ2v) is 9.40. The SMILES string of the molecule is COc1ccc(-c2c(C)nn3c(N4CCN(c5ccccc5)CC4)c4c(nc23)CCC4)c(C)c1. The highest BCUT2D eigenvalue weighted by molar-refractivity contribution is 5.83. The minimum atomic E-state index is 0.876. The van der Waals surface area contributed by atoms with Gasteiger partial charge in [0.15, 0.2) is 5.65 Å². The number of aryl methyl sites for hydroxylation is 3. The van der Waals surface area contributed by atoms with Gasteiger partial charge in [-0.15, -0.1) is 0 Å². The lowest BCUT2D eigenvalue weighted by atomic mass is 10.0. The summed E-state index contributed by atoms with van der Waals surface area (Å²) >= 11 is 0. The molecule has 0 unspecified atom stereocenters. The van der Waals surface area contributed by atoms with Crippen LogP contribution >= 0.6 is 0 Å². The van der Waals surface area contributed by atoms with E-state index in [4.69, 9.17) is 14.8 Å². The van der Waals surface area contributed by atoms with Crippen molar-refractivity contribution in [1.29, 1.82) is 0 Å². The van der Waals surface area contributed by atoms with Crippen molar-refractivity contribution in [2.45, 2.75) is 33.1 Å². The molecule has 1 saturated heterocycles. The highest BCUT2D eigenvalue weighted by Gasteiger charge is 2.29. The third kappa shape index (κ3) is 3.40. The Morgan fingerprint density at radius 3 is 2.38 bits per heavy atom. The van der Waals surface area contributed by atoms with Crippen molar-refractivity contribution in [3.8, 4) is 16.9 Å². The van der Waals surface area contributed by atoms with E-state index in [0.29, 0.717) is 0 Å². The fourth-order valence-electron chi connectivity index (χ4n) is 5.61. The third-order valence-corrected chi connectivity index (χ3v) is 7.34. The van der Waals surface area contributed by atoms with Crippen molar-refractivity contribution >= 4 is 17.2 Å². The van der Waals surface area contributed by atoms with Crippen LogP contribution in [-0.2, 0) is 12.8 Å². The summed E-state index contributed by atoms with van der Waals surface area (Å²) in [4.78, 5) is 10.2. The monoisotopic (exact) mass is 453 g/mol. The Balaban J connectivity index is 1.43. The number of hydrogen-bond acceptors (Lipinski definition) is 5. The number of benzene rings is 2. The van der Waals surface area contributed by atoms with Crippen molar-refractivity contribution in [2.24, 2.45) is 0 Å². The molecular formula is C28H31N5O. The van der Waals surface area contributed by atoms with Crippen LogP contribution in [0.15, 0.2) is 48.5 Å². The van der Waals surface area contributed by atoms with Crippen LogP contribution in [0.2, 0.25) is 0 Å². The van der Waals surface area contributed by atoms with Crippen molar-refractivity contribution in [2.75, 3.05) is 43.1 Å². The van der Waals surface area contributed by atoms with E-state index in [1.54, 1.807) is 7.11 Å². The molecule has 2 aliphatic rings. The van der Waals surface area contributed by atoms with Crippen LogP contribution in [-0.4, -0.2) is 47.9 Å². The van der Waals surface area contributed by atoms with E-state index in [2.05, 4.69) is 70.6 Å². The van der Waals surface area contributed by atoms with Crippen LogP contribution in [0.5, 0.6) is 5.75 Å². The van der Waals surface area contributed by atoms with Crippen LogP contribution in [0.25, 0.3) is 16.8 Å². The fourth-order valence-corrected chi connectivity index (χ4v) is 5.61.